The fraction of sp³-hybridized carbons (Fsp3) is 0.170. The molecule has 0 unspecified atom stereocenters. The Morgan fingerprint density at radius 2 is 0.782 bits per heavy atom. The van der Waals surface area contributed by atoms with Gasteiger partial charge in [0.2, 0.25) is 0 Å². The first-order valence-electron chi connectivity index (χ1n) is 19.4. The van der Waals surface area contributed by atoms with Gasteiger partial charge in [0, 0.05) is 16.7 Å². The van der Waals surface area contributed by atoms with Gasteiger partial charge in [-0.05, 0) is 77.6 Å². The van der Waals surface area contributed by atoms with Crippen molar-refractivity contribution in [3.05, 3.63) is 181 Å². The van der Waals surface area contributed by atoms with Crippen molar-refractivity contribution in [2.75, 3.05) is 0 Å². The Hall–Kier alpha value is -6.12. The zero-order valence-corrected chi connectivity index (χ0v) is 32.6. The zero-order valence-electron chi connectivity index (χ0n) is 32.6. The molecule has 1 heterocycles. The van der Waals surface area contributed by atoms with Gasteiger partial charge in [-0.15, -0.1) is 0 Å². The smallest absolute Gasteiger partial charge is 0.160 e. The van der Waals surface area contributed by atoms with Crippen LogP contribution < -0.4 is 0 Å². The second-order valence-electron chi connectivity index (χ2n) is 16.7. The highest BCUT2D eigenvalue weighted by Gasteiger charge is 2.57. The topological polar surface area (TPSA) is 25.8 Å². The molecule has 8 aromatic rings. The van der Waals surface area contributed by atoms with Gasteiger partial charge in [-0.25, -0.2) is 9.97 Å². The van der Waals surface area contributed by atoms with Crippen LogP contribution in [0.4, 0.5) is 0 Å². The zero-order chi connectivity index (χ0) is 38.0. The Kier molecular flexibility index (Phi) is 8.20. The molecule has 1 aliphatic rings. The maximum atomic E-state index is 5.23. The molecule has 0 aliphatic heterocycles. The van der Waals surface area contributed by atoms with Crippen molar-refractivity contribution in [3.8, 4) is 67.3 Å². The van der Waals surface area contributed by atoms with Gasteiger partial charge < -0.3 is 0 Å². The summed E-state index contributed by atoms with van der Waals surface area (Å²) in [6.07, 6.45) is 0. The standard InChI is InChI=1S/C53H46N2/c1-51(2)45-33-43-19-13-14-20-44(43)48(49(45)52(3,4)53(51,5)6)41-29-31-42(32-30-41)50-54-46(39-25-21-37(22-26-39)35-15-9-7-10-16-35)34-47(55-50)40-27-23-38(24-28-40)36-17-11-8-12-18-36/h7-34H,1-6H3. The molecule has 0 radical (unpaired) electrons. The molecule has 0 atom stereocenters. The number of rotatable bonds is 6. The lowest BCUT2D eigenvalue weighted by Gasteiger charge is -2.44. The molecule has 0 amide bonds. The summed E-state index contributed by atoms with van der Waals surface area (Å²) in [7, 11) is 0. The number of hydrogen-bond acceptors (Lipinski definition) is 2. The van der Waals surface area contributed by atoms with Crippen LogP contribution in [0.25, 0.3) is 78.1 Å². The lowest BCUT2D eigenvalue weighted by molar-refractivity contribution is 0.125. The largest absolute Gasteiger partial charge is 0.228 e. The van der Waals surface area contributed by atoms with Gasteiger partial charge in [0.1, 0.15) is 0 Å². The molecule has 0 N–H and O–H groups in total. The van der Waals surface area contributed by atoms with Crippen LogP contribution in [0.2, 0.25) is 0 Å². The van der Waals surface area contributed by atoms with Gasteiger partial charge in [0.15, 0.2) is 5.82 Å². The minimum absolute atomic E-state index is 0.00777. The molecule has 55 heavy (non-hydrogen) atoms. The highest BCUT2D eigenvalue weighted by atomic mass is 14.9. The summed E-state index contributed by atoms with van der Waals surface area (Å²) in [6, 6.07) is 60.9. The monoisotopic (exact) mass is 710 g/mol. The summed E-state index contributed by atoms with van der Waals surface area (Å²) >= 11 is 0. The Balaban J connectivity index is 1.16. The molecule has 7 aromatic carbocycles. The SMILES string of the molecule is CC1(C)c2cc3ccccc3c(-c3ccc(-c4nc(-c5ccc(-c6ccccc6)cc5)cc(-c5ccc(-c6ccccc6)cc5)n4)cc3)c2C(C)(C)C1(C)C. The first kappa shape index (κ1) is 34.6. The quantitative estimate of drug-likeness (QED) is 0.172. The van der Waals surface area contributed by atoms with E-state index in [4.69, 9.17) is 9.97 Å². The van der Waals surface area contributed by atoms with Crippen LogP contribution in [0.5, 0.6) is 0 Å². The van der Waals surface area contributed by atoms with E-state index in [9.17, 15) is 0 Å². The summed E-state index contributed by atoms with van der Waals surface area (Å²) < 4.78 is 0. The van der Waals surface area contributed by atoms with Gasteiger partial charge in [-0.2, -0.15) is 0 Å². The predicted molar refractivity (Wildman–Crippen MR) is 232 cm³/mol. The van der Waals surface area contributed by atoms with Gasteiger partial charge in [-0.3, -0.25) is 0 Å². The number of aromatic nitrogens is 2. The minimum Gasteiger partial charge on any atom is -0.228 e. The third-order valence-corrected chi connectivity index (χ3v) is 13.2. The molecule has 1 aliphatic carbocycles. The van der Waals surface area contributed by atoms with E-state index in [1.165, 1.54) is 55.3 Å². The molecule has 0 saturated heterocycles. The van der Waals surface area contributed by atoms with E-state index in [2.05, 4.69) is 211 Å². The van der Waals surface area contributed by atoms with Crippen LogP contribution in [0.3, 0.4) is 0 Å². The van der Waals surface area contributed by atoms with Crippen molar-refractivity contribution < 1.29 is 0 Å². The number of hydrogen-bond donors (Lipinski definition) is 0. The van der Waals surface area contributed by atoms with Crippen molar-refractivity contribution in [1.29, 1.82) is 0 Å². The van der Waals surface area contributed by atoms with Crippen molar-refractivity contribution in [2.24, 2.45) is 5.41 Å². The lowest BCUT2D eigenvalue weighted by Crippen LogP contribution is -2.42. The van der Waals surface area contributed by atoms with E-state index in [0.717, 1.165) is 28.1 Å². The highest BCUT2D eigenvalue weighted by molar-refractivity contribution is 6.01. The molecule has 2 nitrogen and oxygen atoms in total. The fourth-order valence-electron chi connectivity index (χ4n) is 8.81. The van der Waals surface area contributed by atoms with Gasteiger partial charge in [0.25, 0.3) is 0 Å². The summed E-state index contributed by atoms with van der Waals surface area (Å²) in [5.41, 5.74) is 15.2. The van der Waals surface area contributed by atoms with Crippen molar-refractivity contribution in [1.82, 2.24) is 9.97 Å². The average Bonchev–Trinajstić information content (AvgIpc) is 3.33. The highest BCUT2D eigenvalue weighted by Crippen LogP contribution is 2.64. The van der Waals surface area contributed by atoms with E-state index in [0.29, 0.717) is 5.82 Å². The molecule has 0 saturated carbocycles. The third kappa shape index (κ3) is 5.71. The van der Waals surface area contributed by atoms with E-state index >= 15 is 0 Å². The lowest BCUT2D eigenvalue weighted by atomic mass is 9.59. The molecule has 1 aromatic heterocycles. The van der Waals surface area contributed by atoms with E-state index in [1.807, 2.05) is 0 Å². The van der Waals surface area contributed by atoms with Crippen molar-refractivity contribution >= 4 is 10.8 Å². The van der Waals surface area contributed by atoms with Crippen molar-refractivity contribution in [3.63, 3.8) is 0 Å². The van der Waals surface area contributed by atoms with Crippen LogP contribution >= 0.6 is 0 Å². The molecule has 0 bridgehead atoms. The minimum atomic E-state index is -0.0394. The third-order valence-electron chi connectivity index (χ3n) is 13.2. The van der Waals surface area contributed by atoms with Crippen LogP contribution in [0, 0.1) is 5.41 Å². The molecular weight excluding hydrogens is 665 g/mol. The summed E-state index contributed by atoms with van der Waals surface area (Å²) in [6.45, 7) is 14.6. The second kappa shape index (κ2) is 13.0. The summed E-state index contributed by atoms with van der Waals surface area (Å²) in [5.74, 6) is 0.712. The van der Waals surface area contributed by atoms with Crippen LogP contribution in [-0.4, -0.2) is 9.97 Å². The maximum Gasteiger partial charge on any atom is 0.160 e. The van der Waals surface area contributed by atoms with E-state index < -0.39 is 0 Å². The van der Waals surface area contributed by atoms with Crippen LogP contribution in [-0.2, 0) is 10.8 Å². The fourth-order valence-corrected chi connectivity index (χ4v) is 8.81. The summed E-state index contributed by atoms with van der Waals surface area (Å²) in [4.78, 5) is 10.5. The molecule has 268 valence electrons. The Morgan fingerprint density at radius 1 is 0.364 bits per heavy atom. The first-order chi connectivity index (χ1) is 26.5. The Morgan fingerprint density at radius 3 is 1.31 bits per heavy atom. The molecule has 0 fully saturated rings. The Labute approximate surface area is 325 Å². The van der Waals surface area contributed by atoms with Crippen LogP contribution in [0.15, 0.2) is 170 Å². The van der Waals surface area contributed by atoms with Gasteiger partial charge in [-0.1, -0.05) is 205 Å². The molecule has 9 rings (SSSR count). The van der Waals surface area contributed by atoms with Crippen molar-refractivity contribution in [2.45, 2.75) is 52.4 Å². The van der Waals surface area contributed by atoms with E-state index in [-0.39, 0.29) is 16.2 Å². The molecule has 2 heteroatoms. The number of fused-ring (bicyclic) bond motifs is 2. The van der Waals surface area contributed by atoms with Gasteiger partial charge >= 0.3 is 0 Å². The normalized spacial score (nSPS) is 15.2. The number of benzene rings is 7. The van der Waals surface area contributed by atoms with E-state index in [1.54, 1.807) is 0 Å². The first-order valence-corrected chi connectivity index (χ1v) is 19.4. The van der Waals surface area contributed by atoms with Gasteiger partial charge in [0.05, 0.1) is 11.4 Å². The molecule has 0 spiro atoms. The van der Waals surface area contributed by atoms with Crippen LogP contribution in [0.1, 0.15) is 52.7 Å². The Bertz CT molecular complexity index is 2570. The second-order valence-corrected chi connectivity index (χ2v) is 16.7. The maximum absolute atomic E-state index is 5.23. The molecular formula is C53H46N2. The predicted octanol–water partition coefficient (Wildman–Crippen LogP) is 14.2. The average molecular weight is 711 g/mol. The summed E-state index contributed by atoms with van der Waals surface area (Å²) in [5, 5.41) is 2.59. The number of nitrogens with zero attached hydrogens (tertiary/aromatic N) is 2.